The summed E-state index contributed by atoms with van der Waals surface area (Å²) in [7, 11) is 0. The molecule has 0 aliphatic heterocycles. The van der Waals surface area contributed by atoms with Gasteiger partial charge < -0.3 is 10.2 Å². The molecule has 1 aromatic heterocycles. The maximum atomic E-state index is 13.3. The standard InChI is InChI=1S/C20H24N4O2S/c1-13-6-8-14(9-7-13)18(19(25)21-15-4-2-3-5-15)24(16-10-11-16)20(26)17-12-27-23-22-17/h6-9,12,15-16,18H,2-5,10-11H2,1H3,(H,21,25)/t18-/m0/s1. The van der Waals surface area contributed by atoms with E-state index in [4.69, 9.17) is 0 Å². The molecule has 2 aliphatic carbocycles. The van der Waals surface area contributed by atoms with Crippen molar-refractivity contribution in [2.24, 2.45) is 0 Å². The third-order valence-electron chi connectivity index (χ3n) is 5.38. The Hall–Kier alpha value is -2.28. The molecule has 0 radical (unpaired) electrons. The number of aryl methyl sites for hydroxylation is 1. The Bertz CT molecular complexity index is 796. The number of carbonyl (C=O) groups excluding carboxylic acids is 2. The van der Waals surface area contributed by atoms with E-state index in [1.54, 1.807) is 10.3 Å². The number of aromatic nitrogens is 2. The Labute approximate surface area is 163 Å². The summed E-state index contributed by atoms with van der Waals surface area (Å²) in [6.07, 6.45) is 6.16. The van der Waals surface area contributed by atoms with Gasteiger partial charge in [0.15, 0.2) is 5.69 Å². The minimum atomic E-state index is -0.632. The van der Waals surface area contributed by atoms with Crippen LogP contribution in [0, 0.1) is 6.92 Å². The molecule has 1 heterocycles. The van der Waals surface area contributed by atoms with Crippen molar-refractivity contribution >= 4 is 23.3 Å². The van der Waals surface area contributed by atoms with Gasteiger partial charge in [-0.2, -0.15) is 0 Å². The van der Waals surface area contributed by atoms with Gasteiger partial charge in [0.25, 0.3) is 5.91 Å². The quantitative estimate of drug-likeness (QED) is 0.829. The third-order valence-corrected chi connectivity index (χ3v) is 5.88. The monoisotopic (exact) mass is 384 g/mol. The molecule has 4 rings (SSSR count). The second-order valence-electron chi connectivity index (χ2n) is 7.54. The molecule has 0 spiro atoms. The molecule has 1 aromatic carbocycles. The molecule has 142 valence electrons. The van der Waals surface area contributed by atoms with E-state index in [2.05, 4.69) is 14.9 Å². The SMILES string of the molecule is Cc1ccc([C@@H](C(=O)NC2CCCC2)N(C(=O)c2csnn2)C2CC2)cc1. The maximum absolute atomic E-state index is 13.3. The third kappa shape index (κ3) is 4.03. The number of hydrogen-bond acceptors (Lipinski definition) is 5. The van der Waals surface area contributed by atoms with Crippen molar-refractivity contribution < 1.29 is 9.59 Å². The summed E-state index contributed by atoms with van der Waals surface area (Å²) >= 11 is 1.15. The number of amides is 2. The zero-order valence-electron chi connectivity index (χ0n) is 15.4. The van der Waals surface area contributed by atoms with Crippen LogP contribution in [0.25, 0.3) is 0 Å². The zero-order chi connectivity index (χ0) is 18.8. The van der Waals surface area contributed by atoms with E-state index >= 15 is 0 Å². The Morgan fingerprint density at radius 2 is 1.85 bits per heavy atom. The highest BCUT2D eigenvalue weighted by Crippen LogP contribution is 2.36. The summed E-state index contributed by atoms with van der Waals surface area (Å²) in [6, 6.07) is 7.55. The van der Waals surface area contributed by atoms with Crippen molar-refractivity contribution in [1.29, 1.82) is 0 Å². The van der Waals surface area contributed by atoms with Gasteiger partial charge in [-0.25, -0.2) is 0 Å². The van der Waals surface area contributed by atoms with Crippen LogP contribution in [-0.2, 0) is 4.79 Å². The van der Waals surface area contributed by atoms with E-state index in [0.29, 0.717) is 5.69 Å². The second kappa shape index (κ2) is 7.76. The first-order valence-electron chi connectivity index (χ1n) is 9.60. The van der Waals surface area contributed by atoms with Crippen molar-refractivity contribution in [3.05, 3.63) is 46.5 Å². The lowest BCUT2D eigenvalue weighted by Gasteiger charge is -2.32. The molecule has 2 saturated carbocycles. The molecule has 2 amide bonds. The molecule has 1 N–H and O–H groups in total. The van der Waals surface area contributed by atoms with Crippen LogP contribution in [0.3, 0.4) is 0 Å². The highest BCUT2D eigenvalue weighted by Gasteiger charge is 2.42. The van der Waals surface area contributed by atoms with Crippen LogP contribution in [0.2, 0.25) is 0 Å². The number of carbonyl (C=O) groups is 2. The van der Waals surface area contributed by atoms with Crippen LogP contribution in [0.4, 0.5) is 0 Å². The molecule has 0 bridgehead atoms. The second-order valence-corrected chi connectivity index (χ2v) is 8.15. The van der Waals surface area contributed by atoms with Gasteiger partial charge in [-0.3, -0.25) is 9.59 Å². The highest BCUT2D eigenvalue weighted by molar-refractivity contribution is 7.03. The Morgan fingerprint density at radius 3 is 2.44 bits per heavy atom. The Balaban J connectivity index is 1.67. The van der Waals surface area contributed by atoms with Crippen LogP contribution < -0.4 is 5.32 Å². The van der Waals surface area contributed by atoms with Gasteiger partial charge in [0, 0.05) is 17.5 Å². The molecule has 27 heavy (non-hydrogen) atoms. The lowest BCUT2D eigenvalue weighted by Crippen LogP contribution is -2.47. The molecule has 2 fully saturated rings. The Kier molecular flexibility index (Phi) is 5.20. The first-order valence-corrected chi connectivity index (χ1v) is 10.4. The van der Waals surface area contributed by atoms with Crippen LogP contribution >= 0.6 is 11.5 Å². The fourth-order valence-corrected chi connectivity index (χ4v) is 4.20. The predicted molar refractivity (Wildman–Crippen MR) is 103 cm³/mol. The van der Waals surface area contributed by atoms with Crippen LogP contribution in [0.5, 0.6) is 0 Å². The van der Waals surface area contributed by atoms with E-state index in [0.717, 1.165) is 61.2 Å². The number of rotatable bonds is 6. The smallest absolute Gasteiger partial charge is 0.276 e. The molecule has 6 nitrogen and oxygen atoms in total. The summed E-state index contributed by atoms with van der Waals surface area (Å²) in [5, 5.41) is 8.79. The van der Waals surface area contributed by atoms with E-state index in [1.807, 2.05) is 31.2 Å². The van der Waals surface area contributed by atoms with Crippen LogP contribution in [-0.4, -0.2) is 38.4 Å². The number of benzene rings is 1. The fourth-order valence-electron chi connectivity index (χ4n) is 3.77. The predicted octanol–water partition coefficient (Wildman–Crippen LogP) is 3.25. The summed E-state index contributed by atoms with van der Waals surface area (Å²) in [5.41, 5.74) is 2.29. The van der Waals surface area contributed by atoms with Gasteiger partial charge in [0.1, 0.15) is 6.04 Å². The van der Waals surface area contributed by atoms with Gasteiger partial charge in [-0.15, -0.1) is 5.10 Å². The van der Waals surface area contributed by atoms with E-state index < -0.39 is 6.04 Å². The first kappa shape index (κ1) is 18.1. The van der Waals surface area contributed by atoms with Crippen molar-refractivity contribution in [2.75, 3.05) is 0 Å². The molecule has 2 aromatic rings. The van der Waals surface area contributed by atoms with Gasteiger partial charge >= 0.3 is 0 Å². The van der Waals surface area contributed by atoms with Crippen LogP contribution in [0.15, 0.2) is 29.6 Å². The fraction of sp³-hybridized carbons (Fsp3) is 0.500. The molecular formula is C20H24N4O2S. The first-order chi connectivity index (χ1) is 13.1. The number of nitrogens with one attached hydrogen (secondary N) is 1. The average molecular weight is 385 g/mol. The molecule has 2 aliphatic rings. The lowest BCUT2D eigenvalue weighted by molar-refractivity contribution is -0.126. The Morgan fingerprint density at radius 1 is 1.15 bits per heavy atom. The summed E-state index contributed by atoms with van der Waals surface area (Å²) in [4.78, 5) is 28.2. The number of hydrogen-bond donors (Lipinski definition) is 1. The lowest BCUT2D eigenvalue weighted by atomic mass is 10.0. The van der Waals surface area contributed by atoms with E-state index in [1.165, 1.54) is 0 Å². The molecule has 0 saturated heterocycles. The van der Waals surface area contributed by atoms with Crippen molar-refractivity contribution in [1.82, 2.24) is 19.8 Å². The van der Waals surface area contributed by atoms with Gasteiger partial charge in [0.05, 0.1) is 0 Å². The minimum Gasteiger partial charge on any atom is -0.351 e. The van der Waals surface area contributed by atoms with E-state index in [-0.39, 0.29) is 23.9 Å². The highest BCUT2D eigenvalue weighted by atomic mass is 32.1. The van der Waals surface area contributed by atoms with Gasteiger partial charge in [-0.05, 0) is 49.7 Å². The van der Waals surface area contributed by atoms with Crippen molar-refractivity contribution in [3.63, 3.8) is 0 Å². The molecule has 1 atom stereocenters. The number of nitrogens with zero attached hydrogens (tertiary/aromatic N) is 3. The summed E-state index contributed by atoms with van der Waals surface area (Å²) in [6.45, 7) is 2.02. The van der Waals surface area contributed by atoms with Gasteiger partial charge in [-0.1, -0.05) is 47.2 Å². The molecule has 0 unspecified atom stereocenters. The molecule has 7 heteroatoms. The van der Waals surface area contributed by atoms with Gasteiger partial charge in [0.2, 0.25) is 5.91 Å². The largest absolute Gasteiger partial charge is 0.351 e. The van der Waals surface area contributed by atoms with Crippen LogP contribution in [0.1, 0.15) is 66.2 Å². The van der Waals surface area contributed by atoms with E-state index in [9.17, 15) is 9.59 Å². The summed E-state index contributed by atoms with van der Waals surface area (Å²) < 4.78 is 3.82. The zero-order valence-corrected chi connectivity index (χ0v) is 16.2. The topological polar surface area (TPSA) is 75.2 Å². The maximum Gasteiger partial charge on any atom is 0.276 e. The van der Waals surface area contributed by atoms with Crippen molar-refractivity contribution in [2.45, 2.75) is 63.6 Å². The average Bonchev–Trinajstić information content (AvgIpc) is 3.11. The molecular weight excluding hydrogens is 360 g/mol. The van der Waals surface area contributed by atoms with Crippen molar-refractivity contribution in [3.8, 4) is 0 Å². The summed E-state index contributed by atoms with van der Waals surface area (Å²) in [5.74, 6) is -0.299. The minimum absolute atomic E-state index is 0.0832. The normalized spacial score (nSPS) is 18.3.